The van der Waals surface area contributed by atoms with Crippen LogP contribution in [0.3, 0.4) is 0 Å². The van der Waals surface area contributed by atoms with Crippen molar-refractivity contribution in [1.82, 2.24) is 5.43 Å². The lowest BCUT2D eigenvalue weighted by Crippen LogP contribution is -2.53. The lowest BCUT2D eigenvalue weighted by atomic mass is 10.1. The average Bonchev–Trinajstić information content (AvgIpc) is 2.54. The van der Waals surface area contributed by atoms with Crippen molar-refractivity contribution in [3.63, 3.8) is 0 Å². The molecule has 0 aliphatic carbocycles. The Labute approximate surface area is 134 Å². The van der Waals surface area contributed by atoms with Gasteiger partial charge in [-0.1, -0.05) is 42.5 Å². The van der Waals surface area contributed by atoms with Crippen LogP contribution in [0.5, 0.6) is 5.75 Å². The van der Waals surface area contributed by atoms with Gasteiger partial charge in [-0.25, -0.2) is 4.59 Å². The maximum Gasteiger partial charge on any atom is 0.129 e. The molecule has 0 bridgehead atoms. The van der Waals surface area contributed by atoms with Gasteiger partial charge in [-0.15, -0.1) is 0 Å². The minimum atomic E-state index is 0.282. The van der Waals surface area contributed by atoms with Gasteiger partial charge >= 0.3 is 0 Å². The molecule has 2 rings (SSSR count). The Morgan fingerprint density at radius 2 is 1.55 bits per heavy atom. The van der Waals surface area contributed by atoms with Gasteiger partial charge in [0, 0.05) is 5.56 Å². The molecule has 0 saturated heterocycles. The monoisotopic (exact) mass is 299 g/mol. The molecule has 0 aliphatic heterocycles. The molecule has 0 amide bonds. The van der Waals surface area contributed by atoms with E-state index in [9.17, 15) is 0 Å². The molecule has 1 N–H and O–H groups in total. The Hall–Kier alpha value is -1.84. The number of methoxy groups -OCH3 is 1. The van der Waals surface area contributed by atoms with Gasteiger partial charge in [-0.3, -0.25) is 0 Å². The molecular formula is C19H27N2O+. The molecule has 2 atom stereocenters. The molecule has 0 radical (unpaired) electrons. The highest BCUT2D eigenvalue weighted by molar-refractivity contribution is 5.29. The molecule has 0 fully saturated rings. The quantitative estimate of drug-likeness (QED) is 0.640. The van der Waals surface area contributed by atoms with Crippen molar-refractivity contribution < 1.29 is 9.33 Å². The van der Waals surface area contributed by atoms with E-state index >= 15 is 0 Å². The highest BCUT2D eigenvalue weighted by atomic mass is 16.5. The van der Waals surface area contributed by atoms with Crippen molar-refractivity contribution in [2.24, 2.45) is 0 Å². The number of nitrogens with one attached hydrogen (secondary N) is 1. The average molecular weight is 299 g/mol. The van der Waals surface area contributed by atoms with E-state index in [1.165, 1.54) is 11.1 Å². The van der Waals surface area contributed by atoms with Crippen LogP contribution in [0, 0.1) is 0 Å². The highest BCUT2D eigenvalue weighted by Gasteiger charge is 2.28. The van der Waals surface area contributed by atoms with Gasteiger partial charge in [0.1, 0.15) is 11.8 Å². The molecule has 3 heteroatoms. The van der Waals surface area contributed by atoms with Crippen molar-refractivity contribution in [3.05, 3.63) is 65.7 Å². The van der Waals surface area contributed by atoms with Crippen molar-refractivity contribution >= 4 is 0 Å². The lowest BCUT2D eigenvalue weighted by Gasteiger charge is -2.38. The Morgan fingerprint density at radius 1 is 0.909 bits per heavy atom. The summed E-state index contributed by atoms with van der Waals surface area (Å²) in [5.41, 5.74) is 6.26. The van der Waals surface area contributed by atoms with Gasteiger partial charge < -0.3 is 4.74 Å². The molecule has 0 unspecified atom stereocenters. The highest BCUT2D eigenvalue weighted by Crippen LogP contribution is 2.27. The fourth-order valence-corrected chi connectivity index (χ4v) is 2.70. The van der Waals surface area contributed by atoms with Crippen LogP contribution in [0.15, 0.2) is 54.6 Å². The summed E-state index contributed by atoms with van der Waals surface area (Å²) >= 11 is 0. The fourth-order valence-electron chi connectivity index (χ4n) is 2.70. The Morgan fingerprint density at radius 3 is 2.18 bits per heavy atom. The molecule has 0 heterocycles. The van der Waals surface area contributed by atoms with Crippen LogP contribution in [0.1, 0.15) is 37.1 Å². The smallest absolute Gasteiger partial charge is 0.129 e. The third-order valence-corrected chi connectivity index (χ3v) is 4.37. The predicted octanol–water partition coefficient (Wildman–Crippen LogP) is 4.10. The zero-order valence-electron chi connectivity index (χ0n) is 14.2. The molecular weight excluding hydrogens is 272 g/mol. The summed E-state index contributed by atoms with van der Waals surface area (Å²) in [6.45, 7) is 4.44. The minimum Gasteiger partial charge on any atom is -0.497 e. The van der Waals surface area contributed by atoms with Crippen molar-refractivity contribution in [2.75, 3.05) is 21.2 Å². The predicted molar refractivity (Wildman–Crippen MR) is 91.5 cm³/mol. The molecule has 0 saturated carbocycles. The number of nitrogens with zero attached hydrogens (tertiary/aromatic N) is 1. The summed E-state index contributed by atoms with van der Waals surface area (Å²) in [5, 5.41) is 0. The number of rotatable bonds is 6. The first-order valence-electron chi connectivity index (χ1n) is 7.74. The topological polar surface area (TPSA) is 21.3 Å². The number of hydrogen-bond donors (Lipinski definition) is 1. The van der Waals surface area contributed by atoms with E-state index in [-0.39, 0.29) is 6.04 Å². The summed E-state index contributed by atoms with van der Waals surface area (Å²) in [4.78, 5) is 0. The van der Waals surface area contributed by atoms with Gasteiger partial charge in [-0.05, 0) is 31.5 Å². The largest absolute Gasteiger partial charge is 0.497 e. The van der Waals surface area contributed by atoms with Crippen molar-refractivity contribution in [2.45, 2.75) is 25.9 Å². The first-order chi connectivity index (χ1) is 10.4. The molecule has 118 valence electrons. The molecule has 0 spiro atoms. The van der Waals surface area contributed by atoms with E-state index in [4.69, 9.17) is 4.74 Å². The second-order valence-electron chi connectivity index (χ2n) is 6.25. The van der Waals surface area contributed by atoms with Crippen LogP contribution < -0.4 is 10.2 Å². The molecule has 0 aromatic heterocycles. The zero-order valence-corrected chi connectivity index (χ0v) is 14.2. The number of quaternary nitrogens is 1. The van der Waals surface area contributed by atoms with E-state index in [0.717, 1.165) is 5.75 Å². The van der Waals surface area contributed by atoms with Crippen LogP contribution in [-0.2, 0) is 0 Å². The molecule has 3 nitrogen and oxygen atoms in total. The van der Waals surface area contributed by atoms with Gasteiger partial charge in [0.2, 0.25) is 0 Å². The van der Waals surface area contributed by atoms with Gasteiger partial charge in [-0.2, -0.15) is 5.43 Å². The standard InChI is InChI=1S/C19H27N2O/c1-15(17-10-7-6-8-11-17)20-21(3,4)16(2)18-12-9-13-19(14-18)22-5/h6-16,20H,1-5H3/q+1/t15-,16-/m0/s1. The summed E-state index contributed by atoms with van der Waals surface area (Å²) in [5.74, 6) is 0.903. The molecule has 2 aromatic carbocycles. The van der Waals surface area contributed by atoms with Crippen LogP contribution in [0.2, 0.25) is 0 Å². The van der Waals surface area contributed by atoms with Crippen LogP contribution in [-0.4, -0.2) is 25.8 Å². The SMILES string of the molecule is COc1cccc([C@H](C)[N+](C)(C)N[C@@H](C)c2ccccc2)c1. The normalized spacial score (nSPS) is 14.4. The van der Waals surface area contributed by atoms with Crippen molar-refractivity contribution in [3.8, 4) is 5.75 Å². The van der Waals surface area contributed by atoms with Gasteiger partial charge in [0.05, 0.1) is 27.2 Å². The Balaban J connectivity index is 2.14. The van der Waals surface area contributed by atoms with E-state index in [2.05, 4.69) is 75.8 Å². The van der Waals surface area contributed by atoms with Crippen LogP contribution in [0.25, 0.3) is 0 Å². The lowest BCUT2D eigenvalue weighted by molar-refractivity contribution is -0.964. The van der Waals surface area contributed by atoms with E-state index in [0.29, 0.717) is 10.6 Å². The fraction of sp³-hybridized carbons (Fsp3) is 0.368. The summed E-state index contributed by atoms with van der Waals surface area (Å²) in [6, 6.07) is 19.4. The maximum atomic E-state index is 5.34. The maximum absolute atomic E-state index is 5.34. The third kappa shape index (κ3) is 3.87. The number of benzene rings is 2. The Kier molecular flexibility index (Phi) is 5.22. The zero-order chi connectivity index (χ0) is 16.2. The summed E-state index contributed by atoms with van der Waals surface area (Å²) in [7, 11) is 6.10. The number of ether oxygens (including phenoxy) is 1. The first-order valence-corrected chi connectivity index (χ1v) is 7.74. The second-order valence-corrected chi connectivity index (χ2v) is 6.25. The van der Waals surface area contributed by atoms with Crippen molar-refractivity contribution in [1.29, 1.82) is 0 Å². The Bertz CT molecular complexity index is 595. The second kappa shape index (κ2) is 6.95. The van der Waals surface area contributed by atoms with Crippen LogP contribution in [0.4, 0.5) is 0 Å². The summed E-state index contributed by atoms with van der Waals surface area (Å²) < 4.78 is 6.04. The first kappa shape index (κ1) is 16.5. The molecule has 22 heavy (non-hydrogen) atoms. The number of hydrogen-bond acceptors (Lipinski definition) is 2. The van der Waals surface area contributed by atoms with E-state index in [1.807, 2.05) is 12.1 Å². The minimum absolute atomic E-state index is 0.282. The van der Waals surface area contributed by atoms with E-state index < -0.39 is 0 Å². The third-order valence-electron chi connectivity index (χ3n) is 4.37. The van der Waals surface area contributed by atoms with Gasteiger partial charge in [0.25, 0.3) is 0 Å². The molecule has 2 aromatic rings. The van der Waals surface area contributed by atoms with Crippen LogP contribution >= 0.6 is 0 Å². The van der Waals surface area contributed by atoms with Gasteiger partial charge in [0.15, 0.2) is 0 Å². The van der Waals surface area contributed by atoms with E-state index in [1.54, 1.807) is 7.11 Å². The molecule has 0 aliphatic rings. The summed E-state index contributed by atoms with van der Waals surface area (Å²) in [6.07, 6.45) is 0.